The Morgan fingerprint density at radius 1 is 1.16 bits per heavy atom. The first-order valence-corrected chi connectivity index (χ1v) is 7.12. The smallest absolute Gasteiger partial charge is 0.236 e. The Labute approximate surface area is 116 Å². The minimum absolute atomic E-state index is 0.0417. The Morgan fingerprint density at radius 2 is 1.79 bits per heavy atom. The monoisotopic (exact) mass is 269 g/mol. The SMILES string of the molecule is CC(=O)[C@H]1CCCC[C@H]1CC(=O)N(N)CCN(C)C. The maximum Gasteiger partial charge on any atom is 0.236 e. The van der Waals surface area contributed by atoms with E-state index >= 15 is 0 Å². The second-order valence-corrected chi connectivity index (χ2v) is 5.86. The Bertz CT molecular complexity index is 318. The van der Waals surface area contributed by atoms with Crippen molar-refractivity contribution in [3.63, 3.8) is 0 Å². The Kier molecular flexibility index (Phi) is 6.45. The van der Waals surface area contributed by atoms with Crippen molar-refractivity contribution in [2.75, 3.05) is 27.2 Å². The third-order valence-electron chi connectivity index (χ3n) is 3.98. The van der Waals surface area contributed by atoms with Crippen LogP contribution in [0.2, 0.25) is 0 Å². The third kappa shape index (κ3) is 5.28. The molecule has 2 N–H and O–H groups in total. The summed E-state index contributed by atoms with van der Waals surface area (Å²) in [6.45, 7) is 2.92. The third-order valence-corrected chi connectivity index (χ3v) is 3.98. The predicted molar refractivity (Wildman–Crippen MR) is 75.2 cm³/mol. The highest BCUT2D eigenvalue weighted by molar-refractivity contribution is 5.81. The van der Waals surface area contributed by atoms with E-state index in [2.05, 4.69) is 0 Å². The van der Waals surface area contributed by atoms with Gasteiger partial charge in [0.2, 0.25) is 5.91 Å². The Hall–Kier alpha value is -0.940. The summed E-state index contributed by atoms with van der Waals surface area (Å²) in [5.41, 5.74) is 0. The molecule has 0 aromatic carbocycles. The van der Waals surface area contributed by atoms with Crippen LogP contribution in [0, 0.1) is 11.8 Å². The van der Waals surface area contributed by atoms with E-state index in [1.165, 1.54) is 5.01 Å². The summed E-state index contributed by atoms with van der Waals surface area (Å²) in [6.07, 6.45) is 4.52. The van der Waals surface area contributed by atoms with Gasteiger partial charge in [-0.25, -0.2) is 5.84 Å². The van der Waals surface area contributed by atoms with Gasteiger partial charge in [0.05, 0.1) is 0 Å². The van der Waals surface area contributed by atoms with E-state index in [9.17, 15) is 9.59 Å². The lowest BCUT2D eigenvalue weighted by Crippen LogP contribution is -2.43. The molecule has 5 heteroatoms. The Balaban J connectivity index is 2.47. The van der Waals surface area contributed by atoms with Crippen molar-refractivity contribution in [1.29, 1.82) is 0 Å². The quantitative estimate of drug-likeness (QED) is 0.444. The molecule has 0 spiro atoms. The lowest BCUT2D eigenvalue weighted by Gasteiger charge is -2.30. The molecular weight excluding hydrogens is 242 g/mol. The number of rotatable bonds is 6. The predicted octanol–water partition coefficient (Wildman–Crippen LogP) is 1.04. The minimum Gasteiger partial charge on any atom is -0.308 e. The molecule has 19 heavy (non-hydrogen) atoms. The van der Waals surface area contributed by atoms with Gasteiger partial charge in [-0.3, -0.25) is 14.6 Å². The van der Waals surface area contributed by atoms with Crippen LogP contribution in [0.4, 0.5) is 0 Å². The molecule has 0 radical (unpaired) electrons. The summed E-state index contributed by atoms with van der Waals surface area (Å²) in [4.78, 5) is 25.7. The lowest BCUT2D eigenvalue weighted by molar-refractivity contribution is -0.134. The normalized spacial score (nSPS) is 23.4. The molecule has 5 nitrogen and oxygen atoms in total. The van der Waals surface area contributed by atoms with Crippen LogP contribution in [-0.2, 0) is 9.59 Å². The zero-order chi connectivity index (χ0) is 14.4. The molecule has 0 aliphatic heterocycles. The van der Waals surface area contributed by atoms with E-state index in [4.69, 9.17) is 5.84 Å². The molecule has 1 aliphatic carbocycles. The van der Waals surface area contributed by atoms with Crippen molar-refractivity contribution in [2.24, 2.45) is 17.7 Å². The molecule has 0 aromatic rings. The average molecular weight is 269 g/mol. The molecule has 0 aromatic heterocycles. The van der Waals surface area contributed by atoms with Crippen molar-refractivity contribution < 1.29 is 9.59 Å². The molecule has 0 saturated heterocycles. The highest BCUT2D eigenvalue weighted by Crippen LogP contribution is 2.33. The molecule has 1 rings (SSSR count). The topological polar surface area (TPSA) is 66.6 Å². The van der Waals surface area contributed by atoms with Gasteiger partial charge in [-0.05, 0) is 39.8 Å². The van der Waals surface area contributed by atoms with Crippen LogP contribution in [0.15, 0.2) is 0 Å². The molecule has 110 valence electrons. The first-order valence-electron chi connectivity index (χ1n) is 7.12. The summed E-state index contributed by atoms with van der Waals surface area (Å²) in [6, 6.07) is 0. The number of ketones is 1. The van der Waals surface area contributed by atoms with Crippen molar-refractivity contribution >= 4 is 11.7 Å². The van der Waals surface area contributed by atoms with Crippen molar-refractivity contribution in [3.8, 4) is 0 Å². The summed E-state index contributed by atoms with van der Waals surface area (Å²) in [5, 5.41) is 1.30. The highest BCUT2D eigenvalue weighted by atomic mass is 16.2. The molecule has 2 atom stereocenters. The molecule has 1 fully saturated rings. The van der Waals surface area contributed by atoms with Crippen LogP contribution in [-0.4, -0.2) is 48.8 Å². The zero-order valence-corrected chi connectivity index (χ0v) is 12.4. The zero-order valence-electron chi connectivity index (χ0n) is 12.4. The summed E-state index contributed by atoms with van der Waals surface area (Å²) in [7, 11) is 3.90. The number of Topliss-reactive ketones (excluding diaryl/α,β-unsaturated/α-hetero) is 1. The Morgan fingerprint density at radius 3 is 2.37 bits per heavy atom. The molecule has 0 heterocycles. The van der Waals surface area contributed by atoms with Gasteiger partial charge < -0.3 is 4.90 Å². The van der Waals surface area contributed by atoms with Crippen LogP contribution in [0.5, 0.6) is 0 Å². The van der Waals surface area contributed by atoms with Gasteiger partial charge in [0.25, 0.3) is 0 Å². The number of carbonyl (C=O) groups excluding carboxylic acids is 2. The fourth-order valence-corrected chi connectivity index (χ4v) is 2.76. The van der Waals surface area contributed by atoms with Gasteiger partial charge in [0, 0.05) is 25.4 Å². The van der Waals surface area contributed by atoms with Gasteiger partial charge in [-0.15, -0.1) is 0 Å². The van der Waals surface area contributed by atoms with E-state index in [0.717, 1.165) is 32.2 Å². The number of nitrogens with two attached hydrogens (primary N) is 1. The van der Waals surface area contributed by atoms with Crippen LogP contribution in [0.1, 0.15) is 39.0 Å². The number of likely N-dealkylation sites (N-methyl/N-ethyl adjacent to an activating group) is 1. The van der Waals surface area contributed by atoms with E-state index in [0.29, 0.717) is 13.0 Å². The number of carbonyl (C=O) groups is 2. The number of hydrogen-bond donors (Lipinski definition) is 1. The van der Waals surface area contributed by atoms with Gasteiger partial charge in [0.15, 0.2) is 0 Å². The van der Waals surface area contributed by atoms with Crippen LogP contribution < -0.4 is 5.84 Å². The minimum atomic E-state index is -0.0417. The molecule has 0 unspecified atom stereocenters. The van der Waals surface area contributed by atoms with Gasteiger partial charge in [-0.2, -0.15) is 0 Å². The second-order valence-electron chi connectivity index (χ2n) is 5.86. The van der Waals surface area contributed by atoms with Gasteiger partial charge >= 0.3 is 0 Å². The summed E-state index contributed by atoms with van der Waals surface area (Å²) < 4.78 is 0. The van der Waals surface area contributed by atoms with E-state index in [-0.39, 0.29) is 23.5 Å². The molecular formula is C14H27N3O2. The fourth-order valence-electron chi connectivity index (χ4n) is 2.76. The van der Waals surface area contributed by atoms with Crippen LogP contribution in [0.3, 0.4) is 0 Å². The van der Waals surface area contributed by atoms with E-state index in [1.54, 1.807) is 6.92 Å². The standard InChI is InChI=1S/C14H27N3O2/c1-11(18)13-7-5-4-6-12(13)10-14(19)17(15)9-8-16(2)3/h12-13H,4-10,15H2,1-3H3/t12-,13+/m0/s1. The van der Waals surface area contributed by atoms with Crippen LogP contribution >= 0.6 is 0 Å². The summed E-state index contributed by atoms with van der Waals surface area (Å²) in [5.74, 6) is 6.19. The van der Waals surface area contributed by atoms with E-state index in [1.807, 2.05) is 19.0 Å². The second kappa shape index (κ2) is 7.60. The molecule has 0 bridgehead atoms. The fraction of sp³-hybridized carbons (Fsp3) is 0.857. The molecule has 1 amide bonds. The maximum absolute atomic E-state index is 12.1. The largest absolute Gasteiger partial charge is 0.308 e. The highest BCUT2D eigenvalue weighted by Gasteiger charge is 2.30. The van der Waals surface area contributed by atoms with Crippen molar-refractivity contribution in [3.05, 3.63) is 0 Å². The number of hydrogen-bond acceptors (Lipinski definition) is 4. The van der Waals surface area contributed by atoms with Crippen molar-refractivity contribution in [1.82, 2.24) is 9.91 Å². The maximum atomic E-state index is 12.1. The number of nitrogens with zero attached hydrogens (tertiary/aromatic N) is 2. The number of amides is 1. The van der Waals surface area contributed by atoms with Crippen LogP contribution in [0.25, 0.3) is 0 Å². The first-order chi connectivity index (χ1) is 8.91. The van der Waals surface area contributed by atoms with Crippen molar-refractivity contribution in [2.45, 2.75) is 39.0 Å². The van der Waals surface area contributed by atoms with Gasteiger partial charge in [-0.1, -0.05) is 12.8 Å². The van der Waals surface area contributed by atoms with Gasteiger partial charge in [0.1, 0.15) is 5.78 Å². The lowest BCUT2D eigenvalue weighted by atomic mass is 9.75. The van der Waals surface area contributed by atoms with E-state index < -0.39 is 0 Å². The molecule has 1 aliphatic rings. The average Bonchev–Trinajstić information content (AvgIpc) is 2.36. The first kappa shape index (κ1) is 16.1. The number of hydrazine groups is 1. The molecule has 1 saturated carbocycles. The summed E-state index contributed by atoms with van der Waals surface area (Å²) >= 11 is 0.